The average molecular weight is 509 g/mol. The van der Waals surface area contributed by atoms with Gasteiger partial charge in [0.15, 0.2) is 5.78 Å². The summed E-state index contributed by atoms with van der Waals surface area (Å²) >= 11 is 0. The van der Waals surface area contributed by atoms with E-state index in [-0.39, 0.29) is 10.8 Å². The quantitative estimate of drug-likeness (QED) is 0.405. The topological polar surface area (TPSA) is 26.3 Å². The number of fused-ring (bicyclic) bond motifs is 3. The highest BCUT2D eigenvalue weighted by atomic mass is 16.5. The van der Waals surface area contributed by atoms with E-state index < -0.39 is 5.60 Å². The minimum absolute atomic E-state index is 0.0653. The molecule has 9 atom stereocenters. The molecule has 1 spiro atoms. The van der Waals surface area contributed by atoms with Crippen molar-refractivity contribution in [3.8, 4) is 0 Å². The maximum atomic E-state index is 14.4. The number of benzene rings is 2. The van der Waals surface area contributed by atoms with E-state index in [1.54, 1.807) is 0 Å². The number of rotatable bonds is 5. The number of allylic oxidation sites excluding steroid dienone is 1. The van der Waals surface area contributed by atoms with Crippen molar-refractivity contribution in [2.45, 2.75) is 90.3 Å². The summed E-state index contributed by atoms with van der Waals surface area (Å²) in [6.07, 6.45) is 13.2. The van der Waals surface area contributed by atoms with Crippen LogP contribution in [0.15, 0.2) is 66.7 Å². The van der Waals surface area contributed by atoms with Crippen LogP contribution in [0.3, 0.4) is 0 Å². The lowest BCUT2D eigenvalue weighted by Crippen LogP contribution is -2.75. The summed E-state index contributed by atoms with van der Waals surface area (Å²) in [5.41, 5.74) is 3.58. The van der Waals surface area contributed by atoms with E-state index in [0.29, 0.717) is 41.5 Å². The molecule has 2 nitrogen and oxygen atoms in total. The molecule has 6 fully saturated rings. The molecular weight excluding hydrogens is 464 g/mol. The Hall–Kier alpha value is -2.19. The molecule has 2 aromatic carbocycles. The molecule has 2 aliphatic heterocycles. The lowest BCUT2D eigenvalue weighted by Gasteiger charge is -2.70. The van der Waals surface area contributed by atoms with Crippen molar-refractivity contribution in [1.82, 2.24) is 0 Å². The zero-order valence-corrected chi connectivity index (χ0v) is 23.5. The monoisotopic (exact) mass is 508 g/mol. The van der Waals surface area contributed by atoms with Crippen molar-refractivity contribution in [3.05, 3.63) is 77.9 Å². The fourth-order valence-corrected chi connectivity index (χ4v) is 10.7. The van der Waals surface area contributed by atoms with E-state index in [0.717, 1.165) is 19.3 Å². The fraction of sp³-hybridized carbons (Fsp3) is 0.583. The van der Waals surface area contributed by atoms with Gasteiger partial charge in [-0.3, -0.25) is 4.79 Å². The molecule has 0 amide bonds. The van der Waals surface area contributed by atoms with E-state index in [1.165, 1.54) is 55.2 Å². The smallest absolute Gasteiger partial charge is 0.166 e. The Morgan fingerprint density at radius 1 is 0.921 bits per heavy atom. The molecule has 0 unspecified atom stereocenters. The molecule has 0 N–H and O–H groups in total. The summed E-state index contributed by atoms with van der Waals surface area (Å²) in [5, 5.41) is 0. The van der Waals surface area contributed by atoms with Gasteiger partial charge in [-0.1, -0.05) is 87.5 Å². The van der Waals surface area contributed by atoms with Gasteiger partial charge in [0.2, 0.25) is 0 Å². The molecule has 38 heavy (non-hydrogen) atoms. The zero-order chi connectivity index (χ0) is 26.1. The Bertz CT molecular complexity index is 1190. The zero-order valence-electron chi connectivity index (χ0n) is 23.5. The van der Waals surface area contributed by atoms with Gasteiger partial charge < -0.3 is 4.74 Å². The number of carbonyl (C=O) groups is 1. The van der Waals surface area contributed by atoms with Gasteiger partial charge in [0.25, 0.3) is 0 Å². The van der Waals surface area contributed by atoms with Crippen LogP contribution in [0.1, 0.15) is 89.7 Å². The van der Waals surface area contributed by atoms with E-state index in [9.17, 15) is 4.79 Å². The summed E-state index contributed by atoms with van der Waals surface area (Å²) < 4.78 is 6.93. The van der Waals surface area contributed by atoms with Crippen LogP contribution in [-0.2, 0) is 9.53 Å². The number of ketones is 1. The number of carbonyl (C=O) groups excluding carboxylic acids is 1. The molecule has 2 saturated heterocycles. The van der Waals surface area contributed by atoms with Gasteiger partial charge in [-0.25, -0.2) is 0 Å². The second kappa shape index (κ2) is 8.91. The van der Waals surface area contributed by atoms with E-state index in [2.05, 4.69) is 87.5 Å². The Morgan fingerprint density at radius 3 is 2.26 bits per heavy atom. The molecule has 200 valence electrons. The van der Waals surface area contributed by atoms with Crippen LogP contribution < -0.4 is 0 Å². The van der Waals surface area contributed by atoms with E-state index in [1.807, 2.05) is 0 Å². The first-order valence-electron chi connectivity index (χ1n) is 15.4. The van der Waals surface area contributed by atoms with Crippen molar-refractivity contribution >= 4 is 11.4 Å². The van der Waals surface area contributed by atoms with Crippen molar-refractivity contribution in [2.75, 3.05) is 0 Å². The normalized spacial score (nSPS) is 41.8. The van der Waals surface area contributed by atoms with Crippen LogP contribution in [0.4, 0.5) is 0 Å². The maximum Gasteiger partial charge on any atom is 0.166 e. The first-order valence-corrected chi connectivity index (χ1v) is 15.4. The van der Waals surface area contributed by atoms with E-state index in [4.69, 9.17) is 4.74 Å². The largest absolute Gasteiger partial charge is 0.363 e. The maximum absolute atomic E-state index is 14.4. The summed E-state index contributed by atoms with van der Waals surface area (Å²) in [7, 11) is 0. The third kappa shape index (κ3) is 3.38. The van der Waals surface area contributed by atoms with Crippen molar-refractivity contribution in [3.63, 3.8) is 0 Å². The van der Waals surface area contributed by atoms with Gasteiger partial charge in [-0.05, 0) is 103 Å². The highest BCUT2D eigenvalue weighted by Gasteiger charge is 2.74. The Balaban J connectivity index is 1.17. The molecule has 2 aromatic rings. The highest BCUT2D eigenvalue weighted by molar-refractivity contribution is 5.91. The van der Waals surface area contributed by atoms with Gasteiger partial charge in [-0.15, -0.1) is 0 Å². The first-order chi connectivity index (χ1) is 18.4. The Morgan fingerprint density at radius 2 is 1.58 bits per heavy atom. The number of hydrogen-bond donors (Lipinski definition) is 0. The first kappa shape index (κ1) is 24.8. The van der Waals surface area contributed by atoms with Gasteiger partial charge >= 0.3 is 0 Å². The summed E-state index contributed by atoms with van der Waals surface area (Å²) in [6.45, 7) is 7.38. The number of Topliss-reactive ketones (excluding diaryl/α,β-unsaturated/α-hetero) is 1. The lowest BCUT2D eigenvalue weighted by atomic mass is 9.40. The molecule has 2 heteroatoms. The van der Waals surface area contributed by atoms with Gasteiger partial charge in [-0.2, -0.15) is 0 Å². The second-order valence-corrected chi connectivity index (χ2v) is 14.0. The minimum Gasteiger partial charge on any atom is -0.363 e. The third-order valence-electron chi connectivity index (χ3n) is 12.5. The molecule has 4 bridgehead atoms. The molecule has 0 aromatic heterocycles. The van der Waals surface area contributed by atoms with Crippen molar-refractivity contribution in [1.29, 1.82) is 0 Å². The number of hydrogen-bond acceptors (Lipinski definition) is 2. The standard InChI is InChI=1S/C36H44O2/c1-24(14-16-29(25-10-6-4-7-11-25)26-12-8-5-9-13-26)30-18-19-31-32-17-15-27-22-28-20-21-35(27,3)36(32,38-28)33(37)23-34(30,31)2/h4-13,16,24,27-28,30-32H,14-15,17-23H2,1-3H3/t24-,27+,28+,30-,31-,32-,34+,35-,36-/m0/s1. The Kier molecular flexibility index (Phi) is 5.82. The third-order valence-corrected chi connectivity index (χ3v) is 12.5. The molecule has 4 aliphatic carbocycles. The van der Waals surface area contributed by atoms with Crippen LogP contribution >= 0.6 is 0 Å². The molecule has 2 heterocycles. The highest BCUT2D eigenvalue weighted by Crippen LogP contribution is 2.72. The van der Waals surface area contributed by atoms with Crippen LogP contribution in [0.5, 0.6) is 0 Å². The van der Waals surface area contributed by atoms with E-state index >= 15 is 0 Å². The van der Waals surface area contributed by atoms with Crippen LogP contribution in [0.25, 0.3) is 5.57 Å². The Labute approximate surface area is 229 Å². The minimum atomic E-state index is -0.479. The molecule has 0 radical (unpaired) electrons. The lowest BCUT2D eigenvalue weighted by molar-refractivity contribution is -0.307. The van der Waals surface area contributed by atoms with Gasteiger partial charge in [0.05, 0.1) is 6.10 Å². The predicted octanol–water partition coefficient (Wildman–Crippen LogP) is 8.50. The summed E-state index contributed by atoms with van der Waals surface area (Å²) in [6, 6.07) is 21.6. The fourth-order valence-electron chi connectivity index (χ4n) is 10.7. The van der Waals surface area contributed by atoms with Crippen LogP contribution in [0.2, 0.25) is 0 Å². The number of ether oxygens (including phenoxy) is 1. The predicted molar refractivity (Wildman–Crippen MR) is 153 cm³/mol. The molecular formula is C36H44O2. The van der Waals surface area contributed by atoms with Gasteiger partial charge in [0, 0.05) is 11.8 Å². The molecule has 6 aliphatic rings. The second-order valence-electron chi connectivity index (χ2n) is 14.0. The average Bonchev–Trinajstić information content (AvgIpc) is 3.26. The van der Waals surface area contributed by atoms with Crippen LogP contribution in [0, 0.1) is 40.4 Å². The molecule has 8 rings (SSSR count). The van der Waals surface area contributed by atoms with Crippen LogP contribution in [-0.4, -0.2) is 17.5 Å². The van der Waals surface area contributed by atoms with Gasteiger partial charge in [0.1, 0.15) is 5.60 Å². The summed E-state index contributed by atoms with van der Waals surface area (Å²) in [5.74, 6) is 3.34. The van der Waals surface area contributed by atoms with Crippen molar-refractivity contribution < 1.29 is 9.53 Å². The molecule has 4 saturated carbocycles. The SMILES string of the molecule is C[C@@H](CC=C(c1ccccc1)c1ccccc1)[C@@H]1CC[C@H]2[C@@H]3CC[C@@H]4C[C@H]5CC[C@]4(C)[C@@]3(O5)C(=O)C[C@]12C. The van der Waals surface area contributed by atoms with Crippen molar-refractivity contribution in [2.24, 2.45) is 40.4 Å². The summed E-state index contributed by atoms with van der Waals surface area (Å²) in [4.78, 5) is 14.4.